The Hall–Kier alpha value is -2.62. The molecule has 0 aliphatic rings. The molecule has 8 heteroatoms. The van der Waals surface area contributed by atoms with Crippen molar-refractivity contribution < 1.29 is 19.1 Å². The van der Waals surface area contributed by atoms with Crippen LogP contribution in [0.1, 0.15) is 35.3 Å². The number of hydrazone groups is 1. The number of amides is 2. The van der Waals surface area contributed by atoms with E-state index in [1.54, 1.807) is 32.4 Å². The van der Waals surface area contributed by atoms with Crippen LogP contribution in [0.15, 0.2) is 41.5 Å². The fourth-order valence-electron chi connectivity index (χ4n) is 2.72. The lowest BCUT2D eigenvalue weighted by Crippen LogP contribution is -2.48. The molecule has 7 nitrogen and oxygen atoms in total. The highest BCUT2D eigenvalue weighted by Gasteiger charge is 2.24. The van der Waals surface area contributed by atoms with E-state index in [-0.39, 0.29) is 11.8 Å². The van der Waals surface area contributed by atoms with E-state index in [1.165, 1.54) is 6.21 Å². The number of benzene rings is 2. The number of aryl methyl sites for hydroxylation is 1. The van der Waals surface area contributed by atoms with Crippen molar-refractivity contribution in [1.29, 1.82) is 0 Å². The smallest absolute Gasteiger partial charge is 0.262 e. The van der Waals surface area contributed by atoms with Gasteiger partial charge in [0.05, 0.1) is 24.0 Å². The van der Waals surface area contributed by atoms with Gasteiger partial charge in [-0.1, -0.05) is 31.5 Å². The summed E-state index contributed by atoms with van der Waals surface area (Å²) in [6.45, 7) is 5.67. The molecule has 2 N–H and O–H groups in total. The number of hydrogen-bond acceptors (Lipinski definition) is 5. The molecule has 1 atom stereocenters. The van der Waals surface area contributed by atoms with Crippen LogP contribution >= 0.6 is 22.6 Å². The topological polar surface area (TPSA) is 89.0 Å². The monoisotopic (exact) mass is 523 g/mol. The molecule has 0 saturated heterocycles. The lowest BCUT2D eigenvalue weighted by molar-refractivity contribution is -0.123. The van der Waals surface area contributed by atoms with E-state index < -0.39 is 11.9 Å². The summed E-state index contributed by atoms with van der Waals surface area (Å²) < 4.78 is 11.5. The van der Waals surface area contributed by atoms with Gasteiger partial charge in [0, 0.05) is 5.56 Å². The van der Waals surface area contributed by atoms with Gasteiger partial charge in [-0.15, -0.1) is 0 Å². The molecule has 2 amide bonds. The zero-order valence-electron chi connectivity index (χ0n) is 17.7. The molecule has 0 aromatic heterocycles. The van der Waals surface area contributed by atoms with Crippen LogP contribution in [0.4, 0.5) is 0 Å². The van der Waals surface area contributed by atoms with Gasteiger partial charge in [-0.3, -0.25) is 9.59 Å². The summed E-state index contributed by atoms with van der Waals surface area (Å²) in [5.74, 6) is 0.399. The Labute approximate surface area is 190 Å². The highest BCUT2D eigenvalue weighted by molar-refractivity contribution is 14.1. The molecule has 2 rings (SSSR count). The summed E-state index contributed by atoms with van der Waals surface area (Å²) in [4.78, 5) is 25.1. The third-order valence-corrected chi connectivity index (χ3v) is 5.20. The third kappa shape index (κ3) is 6.19. The first-order valence-corrected chi connectivity index (χ1v) is 10.5. The lowest BCUT2D eigenvalue weighted by atomic mass is 10.0. The van der Waals surface area contributed by atoms with Crippen LogP contribution in [0.25, 0.3) is 0 Å². The normalized spacial score (nSPS) is 12.0. The molecule has 0 saturated carbocycles. The molecule has 30 heavy (non-hydrogen) atoms. The standard InChI is InChI=1S/C22H26IN3O4/c1-13(2)19(25-21(27)16-8-6-14(3)7-9-16)22(28)26-24-12-15-10-17(23)20(30-5)18(11-15)29-4/h6-13,19H,1-5H3,(H,25,27)(H,26,28)/b24-12+. The first-order chi connectivity index (χ1) is 14.3. The third-order valence-electron chi connectivity index (χ3n) is 4.39. The maximum Gasteiger partial charge on any atom is 0.262 e. The molecule has 0 aliphatic heterocycles. The summed E-state index contributed by atoms with van der Waals surface area (Å²) in [5.41, 5.74) is 4.80. The predicted octanol–water partition coefficient (Wildman–Crippen LogP) is 3.52. The quantitative estimate of drug-likeness (QED) is 0.315. The first-order valence-electron chi connectivity index (χ1n) is 9.38. The summed E-state index contributed by atoms with van der Waals surface area (Å²) in [6, 6.07) is 10.1. The number of halogens is 1. The Bertz CT molecular complexity index is 927. The summed E-state index contributed by atoms with van der Waals surface area (Å²) in [5, 5.41) is 6.81. The minimum atomic E-state index is -0.721. The van der Waals surface area contributed by atoms with Gasteiger partial charge in [-0.25, -0.2) is 5.43 Å². The summed E-state index contributed by atoms with van der Waals surface area (Å²) in [7, 11) is 3.13. The average Bonchev–Trinajstić information content (AvgIpc) is 2.71. The molecule has 0 spiro atoms. The zero-order valence-corrected chi connectivity index (χ0v) is 19.8. The maximum atomic E-state index is 12.6. The Morgan fingerprint density at radius 3 is 2.33 bits per heavy atom. The minimum absolute atomic E-state index is 0.114. The number of nitrogens with zero attached hydrogens (tertiary/aromatic N) is 1. The number of nitrogens with one attached hydrogen (secondary N) is 2. The van der Waals surface area contributed by atoms with E-state index in [0.717, 1.165) is 14.7 Å². The molecule has 2 aromatic carbocycles. The van der Waals surface area contributed by atoms with Crippen molar-refractivity contribution in [3.8, 4) is 11.5 Å². The van der Waals surface area contributed by atoms with Gasteiger partial charge < -0.3 is 14.8 Å². The van der Waals surface area contributed by atoms with E-state index >= 15 is 0 Å². The van der Waals surface area contributed by atoms with Gasteiger partial charge in [0.2, 0.25) is 0 Å². The Morgan fingerprint density at radius 2 is 1.77 bits per heavy atom. The number of hydrogen-bond donors (Lipinski definition) is 2. The van der Waals surface area contributed by atoms with Crippen molar-refractivity contribution in [2.75, 3.05) is 14.2 Å². The van der Waals surface area contributed by atoms with Gasteiger partial charge in [0.1, 0.15) is 6.04 Å². The number of rotatable bonds is 8. The predicted molar refractivity (Wildman–Crippen MR) is 125 cm³/mol. The highest BCUT2D eigenvalue weighted by atomic mass is 127. The van der Waals surface area contributed by atoms with Crippen LogP contribution in [-0.2, 0) is 4.79 Å². The Balaban J connectivity index is 2.07. The number of carbonyl (C=O) groups is 2. The lowest BCUT2D eigenvalue weighted by Gasteiger charge is -2.20. The largest absolute Gasteiger partial charge is 0.493 e. The van der Waals surface area contributed by atoms with Crippen LogP contribution < -0.4 is 20.2 Å². The number of ether oxygens (including phenoxy) is 2. The molecular weight excluding hydrogens is 497 g/mol. The van der Waals surface area contributed by atoms with Crippen molar-refractivity contribution in [1.82, 2.24) is 10.7 Å². The molecule has 160 valence electrons. The summed E-state index contributed by atoms with van der Waals surface area (Å²) >= 11 is 2.14. The average molecular weight is 523 g/mol. The first kappa shape index (κ1) is 23.7. The van der Waals surface area contributed by atoms with Gasteiger partial charge in [0.25, 0.3) is 11.8 Å². The summed E-state index contributed by atoms with van der Waals surface area (Å²) in [6.07, 6.45) is 1.52. The molecule has 0 radical (unpaired) electrons. The highest BCUT2D eigenvalue weighted by Crippen LogP contribution is 2.32. The SMILES string of the molecule is COc1cc(/C=N/NC(=O)C(NC(=O)c2ccc(C)cc2)C(C)C)cc(I)c1OC. The van der Waals surface area contributed by atoms with Crippen molar-refractivity contribution in [3.05, 3.63) is 56.7 Å². The van der Waals surface area contributed by atoms with Crippen LogP contribution in [0, 0.1) is 16.4 Å². The Kier molecular flexibility index (Phi) is 8.64. The van der Waals surface area contributed by atoms with E-state index in [9.17, 15) is 9.59 Å². The van der Waals surface area contributed by atoms with Crippen molar-refractivity contribution in [2.24, 2.45) is 11.0 Å². The molecule has 2 aromatic rings. The fraction of sp³-hybridized carbons (Fsp3) is 0.318. The van der Waals surface area contributed by atoms with Gasteiger partial charge >= 0.3 is 0 Å². The van der Waals surface area contributed by atoms with Gasteiger partial charge in [0.15, 0.2) is 11.5 Å². The van der Waals surface area contributed by atoms with E-state index in [0.29, 0.717) is 17.1 Å². The van der Waals surface area contributed by atoms with Crippen molar-refractivity contribution >= 4 is 40.6 Å². The maximum absolute atomic E-state index is 12.6. The van der Waals surface area contributed by atoms with E-state index in [1.807, 2.05) is 39.0 Å². The van der Waals surface area contributed by atoms with Gasteiger partial charge in [-0.2, -0.15) is 5.10 Å². The van der Waals surface area contributed by atoms with Crippen LogP contribution in [0.2, 0.25) is 0 Å². The second-order valence-corrected chi connectivity index (χ2v) is 8.20. The molecule has 0 aliphatic carbocycles. The van der Waals surface area contributed by atoms with E-state index in [4.69, 9.17) is 9.47 Å². The molecule has 0 heterocycles. The van der Waals surface area contributed by atoms with Crippen molar-refractivity contribution in [3.63, 3.8) is 0 Å². The number of methoxy groups -OCH3 is 2. The molecule has 0 bridgehead atoms. The fourth-order valence-corrected chi connectivity index (χ4v) is 3.56. The van der Waals surface area contributed by atoms with Crippen molar-refractivity contribution in [2.45, 2.75) is 26.8 Å². The van der Waals surface area contributed by atoms with Crippen LogP contribution in [0.3, 0.4) is 0 Å². The zero-order chi connectivity index (χ0) is 22.3. The van der Waals surface area contributed by atoms with Gasteiger partial charge in [-0.05, 0) is 65.3 Å². The molecule has 0 fully saturated rings. The second-order valence-electron chi connectivity index (χ2n) is 7.03. The van der Waals surface area contributed by atoms with Crippen LogP contribution in [0.5, 0.6) is 11.5 Å². The number of carbonyl (C=O) groups excluding carboxylic acids is 2. The minimum Gasteiger partial charge on any atom is -0.493 e. The molecular formula is C22H26IN3O4. The molecule has 1 unspecified atom stereocenters. The Morgan fingerprint density at radius 1 is 1.10 bits per heavy atom. The second kappa shape index (κ2) is 11.0. The van der Waals surface area contributed by atoms with E-state index in [2.05, 4.69) is 38.4 Å². The van der Waals surface area contributed by atoms with Crippen LogP contribution in [-0.4, -0.2) is 38.3 Å².